The van der Waals surface area contributed by atoms with Crippen LogP contribution in [0.3, 0.4) is 0 Å². The van der Waals surface area contributed by atoms with Crippen molar-refractivity contribution in [3.05, 3.63) is 71.0 Å². The number of hydrogen-bond donors (Lipinski definition) is 1. The maximum Gasteiger partial charge on any atom is 0.321 e. The number of carboxylic acid groups (broad SMARTS) is 1. The van der Waals surface area contributed by atoms with Gasteiger partial charge in [0.1, 0.15) is 11.9 Å². The highest BCUT2D eigenvalue weighted by molar-refractivity contribution is 5.74. The van der Waals surface area contributed by atoms with Crippen LogP contribution >= 0.6 is 0 Å². The summed E-state index contributed by atoms with van der Waals surface area (Å²) in [6, 6.07) is 14.8. The van der Waals surface area contributed by atoms with Crippen LogP contribution in [-0.2, 0) is 11.2 Å². The third-order valence-electron chi connectivity index (χ3n) is 9.92. The van der Waals surface area contributed by atoms with Crippen molar-refractivity contribution in [2.45, 2.75) is 76.2 Å². The molecule has 0 amide bonds. The molecule has 0 radical (unpaired) electrons. The standard InChI is InChI=1S/C35H45FN2O2/c1-2-27-11-6-7-12-28(27)15-8-10-26-18-20-37(21-19-26)23-31-24-38(25-33(31)30-16-9-17-32(36)22-30)34(35(39)40)29-13-4-3-5-14-29/h1,6-7,9,11-12,16-17,22,26,29,31,33-34H,3-5,8,10,13-15,18-21,23-25H2,(H,39,40)/t31-,33+,34+/m0/s1. The summed E-state index contributed by atoms with van der Waals surface area (Å²) in [5.74, 6) is 3.36. The second kappa shape index (κ2) is 13.8. The van der Waals surface area contributed by atoms with Gasteiger partial charge >= 0.3 is 5.97 Å². The van der Waals surface area contributed by atoms with Gasteiger partial charge in [0.05, 0.1) is 0 Å². The molecule has 4 nitrogen and oxygen atoms in total. The Bertz CT molecular complexity index is 1160. The SMILES string of the molecule is C#Cc1ccccc1CCCC1CCN(C[C@H]2CN([C@@H](C(=O)O)C3CCCCC3)C[C@@H]2c2cccc(F)c2)CC1. The quantitative estimate of drug-likeness (QED) is 0.343. The molecule has 2 saturated heterocycles. The summed E-state index contributed by atoms with van der Waals surface area (Å²) in [6.45, 7) is 4.61. The number of piperidine rings is 1. The molecule has 1 saturated carbocycles. The van der Waals surface area contributed by atoms with E-state index in [9.17, 15) is 14.3 Å². The summed E-state index contributed by atoms with van der Waals surface area (Å²) in [7, 11) is 0. The molecule has 1 aliphatic carbocycles. The highest BCUT2D eigenvalue weighted by Gasteiger charge is 2.43. The van der Waals surface area contributed by atoms with Gasteiger partial charge in [0, 0.05) is 31.1 Å². The lowest BCUT2D eigenvalue weighted by Crippen LogP contribution is -2.46. The fraction of sp³-hybridized carbons (Fsp3) is 0.571. The number of benzene rings is 2. The molecule has 1 N–H and O–H groups in total. The predicted octanol–water partition coefficient (Wildman–Crippen LogP) is 6.59. The number of terminal acetylenes is 1. The van der Waals surface area contributed by atoms with E-state index in [-0.39, 0.29) is 17.7 Å². The smallest absolute Gasteiger partial charge is 0.321 e. The van der Waals surface area contributed by atoms with Gasteiger partial charge in [-0.2, -0.15) is 0 Å². The number of hydrogen-bond acceptors (Lipinski definition) is 3. The molecule has 0 unspecified atom stereocenters. The Morgan fingerprint density at radius 3 is 2.52 bits per heavy atom. The Balaban J connectivity index is 1.19. The fourth-order valence-corrected chi connectivity index (χ4v) is 7.79. The zero-order valence-electron chi connectivity index (χ0n) is 23.8. The van der Waals surface area contributed by atoms with Gasteiger partial charge in [0.2, 0.25) is 0 Å². The van der Waals surface area contributed by atoms with Crippen molar-refractivity contribution in [1.29, 1.82) is 0 Å². The molecule has 5 rings (SSSR count). The van der Waals surface area contributed by atoms with Gasteiger partial charge in [-0.25, -0.2) is 4.39 Å². The maximum atomic E-state index is 14.2. The molecule has 214 valence electrons. The van der Waals surface area contributed by atoms with E-state index in [0.29, 0.717) is 12.5 Å². The monoisotopic (exact) mass is 544 g/mol. The lowest BCUT2D eigenvalue weighted by atomic mass is 9.83. The molecule has 3 fully saturated rings. The van der Waals surface area contributed by atoms with E-state index in [2.05, 4.69) is 27.9 Å². The molecule has 3 aliphatic rings. The fourth-order valence-electron chi connectivity index (χ4n) is 7.79. The minimum Gasteiger partial charge on any atom is -0.480 e. The van der Waals surface area contributed by atoms with Crippen LogP contribution in [0.4, 0.5) is 4.39 Å². The lowest BCUT2D eigenvalue weighted by Gasteiger charge is -2.35. The van der Waals surface area contributed by atoms with Gasteiger partial charge in [-0.1, -0.05) is 61.9 Å². The average molecular weight is 545 g/mol. The van der Waals surface area contributed by atoms with E-state index < -0.39 is 12.0 Å². The van der Waals surface area contributed by atoms with Crippen LogP contribution < -0.4 is 0 Å². The molecular weight excluding hydrogens is 499 g/mol. The van der Waals surface area contributed by atoms with Crippen LogP contribution in [0.5, 0.6) is 0 Å². The van der Waals surface area contributed by atoms with Crippen LogP contribution in [0.1, 0.15) is 80.4 Å². The Kier molecular flexibility index (Phi) is 9.94. The van der Waals surface area contributed by atoms with Crippen LogP contribution in [-0.4, -0.2) is 59.6 Å². The average Bonchev–Trinajstić information content (AvgIpc) is 3.37. The maximum absolute atomic E-state index is 14.2. The normalized spacial score (nSPS) is 24.1. The van der Waals surface area contributed by atoms with Gasteiger partial charge in [-0.3, -0.25) is 9.69 Å². The highest BCUT2D eigenvalue weighted by Crippen LogP contribution is 2.39. The molecule has 40 heavy (non-hydrogen) atoms. The first-order valence-electron chi connectivity index (χ1n) is 15.5. The first-order chi connectivity index (χ1) is 19.5. The minimum absolute atomic E-state index is 0.162. The number of halogens is 1. The van der Waals surface area contributed by atoms with Crippen molar-refractivity contribution in [1.82, 2.24) is 9.80 Å². The first-order valence-corrected chi connectivity index (χ1v) is 15.5. The molecule has 0 spiro atoms. The van der Waals surface area contributed by atoms with Gasteiger partial charge in [0.15, 0.2) is 0 Å². The van der Waals surface area contributed by atoms with Crippen molar-refractivity contribution >= 4 is 5.97 Å². The van der Waals surface area contributed by atoms with E-state index in [0.717, 1.165) is 75.3 Å². The number of carbonyl (C=O) groups is 1. The summed E-state index contributed by atoms with van der Waals surface area (Å²) in [5.41, 5.74) is 3.32. The van der Waals surface area contributed by atoms with Crippen LogP contribution in [0.25, 0.3) is 0 Å². The van der Waals surface area contributed by atoms with E-state index in [1.807, 2.05) is 18.2 Å². The molecule has 2 aromatic rings. The molecule has 2 heterocycles. The third-order valence-corrected chi connectivity index (χ3v) is 9.92. The van der Waals surface area contributed by atoms with E-state index in [4.69, 9.17) is 6.42 Å². The van der Waals surface area contributed by atoms with Crippen LogP contribution in [0.2, 0.25) is 0 Å². The van der Waals surface area contributed by atoms with Gasteiger partial charge in [-0.15, -0.1) is 6.42 Å². The van der Waals surface area contributed by atoms with Gasteiger partial charge in [-0.05, 0) is 98.7 Å². The molecule has 2 aromatic carbocycles. The van der Waals surface area contributed by atoms with E-state index >= 15 is 0 Å². The highest BCUT2D eigenvalue weighted by atomic mass is 19.1. The van der Waals surface area contributed by atoms with Crippen molar-refractivity contribution in [3.63, 3.8) is 0 Å². The Morgan fingerprint density at radius 1 is 1.02 bits per heavy atom. The van der Waals surface area contributed by atoms with Gasteiger partial charge in [0.25, 0.3) is 0 Å². The molecule has 2 aliphatic heterocycles. The molecular formula is C35H45FN2O2. The molecule has 5 heteroatoms. The molecule has 3 atom stereocenters. The number of aliphatic carboxylic acids is 1. The Hall–Kier alpha value is -2.68. The second-order valence-corrected chi connectivity index (χ2v) is 12.5. The minimum atomic E-state index is -0.684. The topological polar surface area (TPSA) is 43.8 Å². The summed E-state index contributed by atoms with van der Waals surface area (Å²) in [4.78, 5) is 17.3. The largest absolute Gasteiger partial charge is 0.480 e. The number of rotatable bonds is 10. The number of carboxylic acids is 1. The van der Waals surface area contributed by atoms with Crippen LogP contribution in [0.15, 0.2) is 48.5 Å². The summed E-state index contributed by atoms with van der Waals surface area (Å²) in [6.07, 6.45) is 17.0. The molecule has 0 bridgehead atoms. The number of aryl methyl sites for hydroxylation is 1. The lowest BCUT2D eigenvalue weighted by molar-refractivity contribution is -0.145. The number of likely N-dealkylation sites (tertiary alicyclic amines) is 2. The summed E-state index contributed by atoms with van der Waals surface area (Å²) < 4.78 is 14.2. The first kappa shape index (κ1) is 28.8. The third kappa shape index (κ3) is 7.14. The summed E-state index contributed by atoms with van der Waals surface area (Å²) in [5, 5.41) is 10.3. The van der Waals surface area contributed by atoms with Crippen molar-refractivity contribution < 1.29 is 14.3 Å². The Labute approximate surface area is 240 Å². The van der Waals surface area contributed by atoms with Crippen molar-refractivity contribution in [2.24, 2.45) is 17.8 Å². The van der Waals surface area contributed by atoms with Crippen LogP contribution in [0, 0.1) is 35.9 Å². The summed E-state index contributed by atoms with van der Waals surface area (Å²) >= 11 is 0. The van der Waals surface area contributed by atoms with E-state index in [1.54, 1.807) is 12.1 Å². The van der Waals surface area contributed by atoms with E-state index in [1.165, 1.54) is 43.7 Å². The predicted molar refractivity (Wildman–Crippen MR) is 159 cm³/mol. The second-order valence-electron chi connectivity index (χ2n) is 12.5. The zero-order chi connectivity index (χ0) is 27.9. The number of nitrogens with zero attached hydrogens (tertiary/aromatic N) is 2. The van der Waals surface area contributed by atoms with Gasteiger partial charge < -0.3 is 10.0 Å². The van der Waals surface area contributed by atoms with Crippen molar-refractivity contribution in [3.8, 4) is 12.3 Å². The Morgan fingerprint density at radius 2 is 1.80 bits per heavy atom. The zero-order valence-corrected chi connectivity index (χ0v) is 23.8. The molecule has 0 aromatic heterocycles. The van der Waals surface area contributed by atoms with Crippen molar-refractivity contribution in [2.75, 3.05) is 32.7 Å².